The molecule has 0 saturated carbocycles. The maximum atomic E-state index is 13.2. The second kappa shape index (κ2) is 13.7. The fourth-order valence-electron chi connectivity index (χ4n) is 3.34. The largest absolute Gasteiger partial charge is 0.508 e. The molecule has 1 rings (SSSR count). The molecular weight excluding hydrogens is 442 g/mol. The number of amides is 4. The molecule has 0 radical (unpaired) electrons. The molecule has 0 aliphatic rings. The van der Waals surface area contributed by atoms with E-state index in [2.05, 4.69) is 10.3 Å². The van der Waals surface area contributed by atoms with Crippen LogP contribution >= 0.6 is 0 Å². The highest BCUT2D eigenvalue weighted by Crippen LogP contribution is 2.16. The van der Waals surface area contributed by atoms with Gasteiger partial charge >= 0.3 is 0 Å². The minimum atomic E-state index is -1.03. The Kier molecular flexibility index (Phi) is 11.3. The number of hydrogen-bond donors (Lipinski definition) is 6. The van der Waals surface area contributed by atoms with Gasteiger partial charge in [-0.1, -0.05) is 19.1 Å². The van der Waals surface area contributed by atoms with Crippen molar-refractivity contribution in [1.82, 2.24) is 10.2 Å². The third kappa shape index (κ3) is 9.76. The van der Waals surface area contributed by atoms with Gasteiger partial charge in [-0.05, 0) is 37.0 Å². The maximum Gasteiger partial charge on any atom is 0.243 e. The van der Waals surface area contributed by atoms with Crippen molar-refractivity contribution >= 4 is 29.6 Å². The van der Waals surface area contributed by atoms with E-state index in [4.69, 9.17) is 22.9 Å². The van der Waals surface area contributed by atoms with Crippen molar-refractivity contribution in [3.63, 3.8) is 0 Å². The van der Waals surface area contributed by atoms with Crippen LogP contribution in [0.3, 0.4) is 0 Å². The molecule has 0 aliphatic heterocycles. The number of phenols is 1. The van der Waals surface area contributed by atoms with Crippen LogP contribution in [0.2, 0.25) is 0 Å². The molecule has 0 aliphatic carbocycles. The molecule has 4 amide bonds. The van der Waals surface area contributed by atoms with Crippen LogP contribution in [0, 0.1) is 5.92 Å². The third-order valence-electron chi connectivity index (χ3n) is 5.33. The fraction of sp³-hybridized carbons (Fsp3) is 0.500. The van der Waals surface area contributed by atoms with Gasteiger partial charge < -0.3 is 38.3 Å². The van der Waals surface area contributed by atoms with Gasteiger partial charge in [0.1, 0.15) is 17.8 Å². The van der Waals surface area contributed by atoms with Crippen molar-refractivity contribution in [2.45, 2.75) is 51.1 Å². The number of carbonyl (C=O) groups is 4. The predicted octanol–water partition coefficient (Wildman–Crippen LogP) is -1.31. The molecule has 1 aromatic rings. The van der Waals surface area contributed by atoms with Crippen molar-refractivity contribution < 1.29 is 24.3 Å². The molecule has 0 aromatic heterocycles. The third-order valence-corrected chi connectivity index (χ3v) is 5.33. The maximum absolute atomic E-state index is 13.2. The number of phenolic OH excluding ortho intramolecular Hbond substituents is 1. The summed E-state index contributed by atoms with van der Waals surface area (Å²) in [4.78, 5) is 54.3. The first kappa shape index (κ1) is 28.2. The number of benzene rings is 1. The van der Waals surface area contributed by atoms with Gasteiger partial charge in [-0.25, -0.2) is 0 Å². The summed E-state index contributed by atoms with van der Waals surface area (Å²) >= 11 is 0. The number of aromatic hydroxyl groups is 1. The van der Waals surface area contributed by atoms with E-state index in [1.165, 1.54) is 24.1 Å². The summed E-state index contributed by atoms with van der Waals surface area (Å²) in [5.74, 6) is -2.75. The molecular formula is C22H35N7O5. The Morgan fingerprint density at radius 1 is 1.06 bits per heavy atom. The Hall–Kier alpha value is -3.83. The molecule has 0 fully saturated rings. The zero-order valence-electron chi connectivity index (χ0n) is 19.6. The SMILES string of the molecule is CC(CCC(N)=O)C(=O)N(C)[C@@H](CCCN=C(N)N)C(=O)NC(Cc1ccc(O)cc1)C(N)=O. The quantitative estimate of drug-likeness (QED) is 0.108. The lowest BCUT2D eigenvalue weighted by molar-refractivity contribution is -0.142. The second-order valence-corrected chi connectivity index (χ2v) is 8.15. The summed E-state index contributed by atoms with van der Waals surface area (Å²) in [6.07, 6.45) is 0.999. The zero-order valence-corrected chi connectivity index (χ0v) is 19.6. The molecule has 0 bridgehead atoms. The van der Waals surface area contributed by atoms with E-state index in [0.717, 1.165) is 0 Å². The van der Waals surface area contributed by atoms with Crippen molar-refractivity contribution in [1.29, 1.82) is 0 Å². The van der Waals surface area contributed by atoms with Gasteiger partial charge in [-0.3, -0.25) is 24.2 Å². The van der Waals surface area contributed by atoms with E-state index in [0.29, 0.717) is 12.0 Å². The van der Waals surface area contributed by atoms with Gasteiger partial charge in [0.15, 0.2) is 5.96 Å². The summed E-state index contributed by atoms with van der Waals surface area (Å²) in [5.41, 5.74) is 22.0. The van der Waals surface area contributed by atoms with Gasteiger partial charge in [0.2, 0.25) is 23.6 Å². The van der Waals surface area contributed by atoms with Gasteiger partial charge in [0.25, 0.3) is 0 Å². The van der Waals surface area contributed by atoms with Crippen molar-refractivity contribution in [2.75, 3.05) is 13.6 Å². The summed E-state index contributed by atoms with van der Waals surface area (Å²) in [6.45, 7) is 1.89. The molecule has 34 heavy (non-hydrogen) atoms. The summed E-state index contributed by atoms with van der Waals surface area (Å²) < 4.78 is 0. The van der Waals surface area contributed by atoms with E-state index < -0.39 is 35.7 Å². The average Bonchev–Trinajstić information content (AvgIpc) is 2.77. The number of aliphatic imine (C=N–C) groups is 1. The van der Waals surface area contributed by atoms with Crippen LogP contribution in [0.15, 0.2) is 29.3 Å². The number of nitrogens with zero attached hydrogens (tertiary/aromatic N) is 2. The van der Waals surface area contributed by atoms with Crippen molar-refractivity contribution in [3.8, 4) is 5.75 Å². The van der Waals surface area contributed by atoms with E-state index in [-0.39, 0.29) is 49.8 Å². The second-order valence-electron chi connectivity index (χ2n) is 8.15. The molecule has 1 aromatic carbocycles. The van der Waals surface area contributed by atoms with Crippen LogP contribution in [0.1, 0.15) is 38.2 Å². The van der Waals surface area contributed by atoms with E-state index in [9.17, 15) is 24.3 Å². The molecule has 12 nitrogen and oxygen atoms in total. The Morgan fingerprint density at radius 2 is 1.68 bits per heavy atom. The molecule has 10 N–H and O–H groups in total. The molecule has 12 heteroatoms. The molecule has 0 saturated heterocycles. The lowest BCUT2D eigenvalue weighted by atomic mass is 10.0. The summed E-state index contributed by atoms with van der Waals surface area (Å²) in [5, 5.41) is 12.1. The fourth-order valence-corrected chi connectivity index (χ4v) is 3.34. The normalized spacial score (nSPS) is 13.2. The first-order valence-electron chi connectivity index (χ1n) is 10.9. The molecule has 3 atom stereocenters. The Bertz CT molecular complexity index is 884. The van der Waals surface area contributed by atoms with Crippen molar-refractivity contribution in [2.24, 2.45) is 33.8 Å². The number of nitrogens with one attached hydrogen (secondary N) is 1. The first-order chi connectivity index (χ1) is 15.9. The highest BCUT2D eigenvalue weighted by Gasteiger charge is 2.31. The van der Waals surface area contributed by atoms with Crippen LogP contribution in [-0.2, 0) is 25.6 Å². The van der Waals surface area contributed by atoms with Gasteiger partial charge in [0.05, 0.1) is 0 Å². The lowest BCUT2D eigenvalue weighted by Crippen LogP contribution is -2.54. The number of rotatable bonds is 14. The highest BCUT2D eigenvalue weighted by atomic mass is 16.3. The van der Waals surface area contributed by atoms with Crippen LogP contribution in [0.5, 0.6) is 5.75 Å². The minimum Gasteiger partial charge on any atom is -0.508 e. The highest BCUT2D eigenvalue weighted by molar-refractivity contribution is 5.92. The topological polar surface area (TPSA) is 220 Å². The Morgan fingerprint density at radius 3 is 2.21 bits per heavy atom. The predicted molar refractivity (Wildman–Crippen MR) is 127 cm³/mol. The van der Waals surface area contributed by atoms with Crippen LogP contribution in [0.4, 0.5) is 0 Å². The standard InChI is InChI=1S/C22H35N7O5/c1-13(5-10-18(23)31)21(34)29(2)17(4-3-11-27-22(25)26)20(33)28-16(19(24)32)12-14-6-8-15(30)9-7-14/h6-9,13,16-17,30H,3-5,10-12H2,1-2H3,(H2,23,31)(H2,24,32)(H,28,33)(H4,25,26,27)/t13?,16?,17-/m0/s1. The number of primary amides is 2. The molecule has 0 spiro atoms. The van der Waals surface area contributed by atoms with Crippen molar-refractivity contribution in [3.05, 3.63) is 29.8 Å². The van der Waals surface area contributed by atoms with E-state index in [1.54, 1.807) is 19.1 Å². The number of carbonyl (C=O) groups excluding carboxylic acids is 4. The smallest absolute Gasteiger partial charge is 0.243 e. The number of likely N-dealkylation sites (N-methyl/N-ethyl adjacent to an activating group) is 1. The summed E-state index contributed by atoms with van der Waals surface area (Å²) in [7, 11) is 1.48. The summed E-state index contributed by atoms with van der Waals surface area (Å²) in [6, 6.07) is 4.18. The molecule has 188 valence electrons. The van der Waals surface area contributed by atoms with Crippen LogP contribution in [-0.4, -0.2) is 65.3 Å². The number of hydrogen-bond acceptors (Lipinski definition) is 6. The number of nitrogens with two attached hydrogens (primary N) is 4. The van der Waals surface area contributed by atoms with Gasteiger partial charge in [-0.2, -0.15) is 0 Å². The molecule has 2 unspecified atom stereocenters. The van der Waals surface area contributed by atoms with Crippen LogP contribution in [0.25, 0.3) is 0 Å². The molecule has 0 heterocycles. The van der Waals surface area contributed by atoms with E-state index in [1.807, 2.05) is 0 Å². The first-order valence-corrected chi connectivity index (χ1v) is 10.9. The van der Waals surface area contributed by atoms with Gasteiger partial charge in [0, 0.05) is 32.4 Å². The Balaban J connectivity index is 3.00. The monoisotopic (exact) mass is 477 g/mol. The zero-order chi connectivity index (χ0) is 25.8. The van der Waals surface area contributed by atoms with E-state index >= 15 is 0 Å². The number of guanidine groups is 1. The lowest BCUT2D eigenvalue weighted by Gasteiger charge is -2.30. The van der Waals surface area contributed by atoms with Crippen LogP contribution < -0.4 is 28.3 Å². The Labute approximate surface area is 198 Å². The van der Waals surface area contributed by atoms with Gasteiger partial charge in [-0.15, -0.1) is 0 Å². The average molecular weight is 478 g/mol. The minimum absolute atomic E-state index is 0.0402.